The highest BCUT2D eigenvalue weighted by atomic mass is 79.9. The van der Waals surface area contributed by atoms with E-state index in [1.165, 1.54) is 16.5 Å². The molecular weight excluding hydrogens is 352 g/mol. The summed E-state index contributed by atoms with van der Waals surface area (Å²) < 4.78 is 6.61. The van der Waals surface area contributed by atoms with Gasteiger partial charge in [0.25, 0.3) is 0 Å². The van der Waals surface area contributed by atoms with Crippen LogP contribution in [0.15, 0.2) is 63.7 Å². The number of aryl methyl sites for hydroxylation is 1. The van der Waals surface area contributed by atoms with Crippen LogP contribution in [0, 0.1) is 6.92 Å². The Morgan fingerprint density at radius 2 is 1.91 bits per heavy atom. The van der Waals surface area contributed by atoms with Crippen molar-refractivity contribution >= 4 is 26.8 Å². The first-order valence-corrected chi connectivity index (χ1v) is 8.26. The average molecular weight is 367 g/mol. The van der Waals surface area contributed by atoms with Gasteiger partial charge in [-0.25, -0.2) is 0 Å². The van der Waals surface area contributed by atoms with E-state index >= 15 is 0 Å². The van der Waals surface area contributed by atoms with E-state index in [2.05, 4.69) is 75.5 Å². The van der Waals surface area contributed by atoms with Crippen LogP contribution in [0.3, 0.4) is 0 Å². The summed E-state index contributed by atoms with van der Waals surface area (Å²) in [6.07, 6.45) is 2.66. The summed E-state index contributed by atoms with van der Waals surface area (Å²) in [4.78, 5) is 3.30. The zero-order chi connectivity index (χ0) is 15.8. The van der Waals surface area contributed by atoms with Gasteiger partial charge in [0.05, 0.1) is 0 Å². The largest absolute Gasteiger partial charge is 0.361 e. The standard InChI is InChI=1S/C19H15BrN2O/c1-12-2-4-13(5-3-12)18-11-17(23-22-18)10-15-9-16(20)8-14-6-7-21-19(14)15/h2-9,11,21H,10H2,1H3. The summed E-state index contributed by atoms with van der Waals surface area (Å²) in [5.74, 6) is 0.856. The molecule has 0 aliphatic heterocycles. The lowest BCUT2D eigenvalue weighted by atomic mass is 10.1. The van der Waals surface area contributed by atoms with Crippen LogP contribution in [0.5, 0.6) is 0 Å². The molecule has 4 rings (SSSR count). The van der Waals surface area contributed by atoms with Gasteiger partial charge in [0.2, 0.25) is 0 Å². The number of hydrogen-bond donors (Lipinski definition) is 1. The molecule has 0 amide bonds. The molecule has 3 nitrogen and oxygen atoms in total. The summed E-state index contributed by atoms with van der Waals surface area (Å²) in [6.45, 7) is 2.08. The number of rotatable bonds is 3. The Bertz CT molecular complexity index is 967. The van der Waals surface area contributed by atoms with Crippen LogP contribution in [-0.4, -0.2) is 10.1 Å². The van der Waals surface area contributed by atoms with E-state index in [4.69, 9.17) is 4.52 Å². The van der Waals surface area contributed by atoms with E-state index in [1.54, 1.807) is 0 Å². The van der Waals surface area contributed by atoms with E-state index in [0.29, 0.717) is 6.42 Å². The van der Waals surface area contributed by atoms with Crippen molar-refractivity contribution in [1.29, 1.82) is 0 Å². The highest BCUT2D eigenvalue weighted by Gasteiger charge is 2.11. The smallest absolute Gasteiger partial charge is 0.141 e. The number of nitrogens with one attached hydrogen (secondary N) is 1. The maximum Gasteiger partial charge on any atom is 0.141 e. The van der Waals surface area contributed by atoms with Gasteiger partial charge in [0.1, 0.15) is 11.5 Å². The van der Waals surface area contributed by atoms with E-state index in [9.17, 15) is 0 Å². The molecule has 114 valence electrons. The number of H-pyrrole nitrogens is 1. The average Bonchev–Trinajstić information content (AvgIpc) is 3.17. The molecule has 23 heavy (non-hydrogen) atoms. The lowest BCUT2D eigenvalue weighted by molar-refractivity contribution is 0.392. The molecule has 2 aromatic carbocycles. The van der Waals surface area contributed by atoms with Gasteiger partial charge >= 0.3 is 0 Å². The van der Waals surface area contributed by atoms with Gasteiger partial charge in [0, 0.05) is 39.6 Å². The third kappa shape index (κ3) is 2.82. The normalized spacial score (nSPS) is 11.2. The molecule has 0 aliphatic rings. The summed E-state index contributed by atoms with van der Waals surface area (Å²) in [6, 6.07) is 16.6. The highest BCUT2D eigenvalue weighted by Crippen LogP contribution is 2.27. The maximum absolute atomic E-state index is 5.54. The Morgan fingerprint density at radius 3 is 2.74 bits per heavy atom. The molecule has 2 heterocycles. The van der Waals surface area contributed by atoms with Crippen molar-refractivity contribution in [3.8, 4) is 11.3 Å². The topological polar surface area (TPSA) is 41.8 Å². The fourth-order valence-electron chi connectivity index (χ4n) is 2.79. The minimum Gasteiger partial charge on any atom is -0.361 e. The Balaban J connectivity index is 1.67. The molecule has 0 saturated heterocycles. The Kier molecular flexibility index (Phi) is 3.54. The predicted octanol–water partition coefficient (Wildman–Crippen LogP) is 5.48. The van der Waals surface area contributed by atoms with Crippen molar-refractivity contribution in [3.05, 3.63) is 76.1 Å². The highest BCUT2D eigenvalue weighted by molar-refractivity contribution is 9.10. The molecule has 4 heteroatoms. The molecular formula is C19H15BrN2O. The summed E-state index contributed by atoms with van der Waals surface area (Å²) in [5, 5.41) is 5.39. The lowest BCUT2D eigenvalue weighted by Gasteiger charge is -2.02. The predicted molar refractivity (Wildman–Crippen MR) is 95.5 cm³/mol. The summed E-state index contributed by atoms with van der Waals surface area (Å²) in [7, 11) is 0. The fraction of sp³-hybridized carbons (Fsp3) is 0.105. The van der Waals surface area contributed by atoms with Crippen molar-refractivity contribution in [3.63, 3.8) is 0 Å². The van der Waals surface area contributed by atoms with E-state index in [1.807, 2.05) is 12.3 Å². The van der Waals surface area contributed by atoms with Gasteiger partial charge in [-0.15, -0.1) is 0 Å². The van der Waals surface area contributed by atoms with Crippen molar-refractivity contribution in [2.24, 2.45) is 0 Å². The van der Waals surface area contributed by atoms with Crippen molar-refractivity contribution in [2.75, 3.05) is 0 Å². The summed E-state index contributed by atoms with van der Waals surface area (Å²) >= 11 is 3.57. The molecule has 0 bridgehead atoms. The minimum absolute atomic E-state index is 0.704. The number of fused-ring (bicyclic) bond motifs is 1. The second-order valence-electron chi connectivity index (χ2n) is 5.73. The van der Waals surface area contributed by atoms with Gasteiger partial charge in [0.15, 0.2) is 0 Å². The van der Waals surface area contributed by atoms with Crippen LogP contribution in [0.25, 0.3) is 22.2 Å². The first kappa shape index (κ1) is 14.3. The van der Waals surface area contributed by atoms with Crippen LogP contribution < -0.4 is 0 Å². The zero-order valence-electron chi connectivity index (χ0n) is 12.6. The maximum atomic E-state index is 5.54. The second-order valence-corrected chi connectivity index (χ2v) is 6.64. The molecule has 0 unspecified atom stereocenters. The molecule has 0 fully saturated rings. The number of hydrogen-bond acceptors (Lipinski definition) is 2. The molecule has 0 atom stereocenters. The van der Waals surface area contributed by atoms with Crippen molar-refractivity contribution in [1.82, 2.24) is 10.1 Å². The van der Waals surface area contributed by atoms with Gasteiger partial charge in [-0.3, -0.25) is 0 Å². The van der Waals surface area contributed by atoms with E-state index in [0.717, 1.165) is 27.0 Å². The molecule has 0 aliphatic carbocycles. The lowest BCUT2D eigenvalue weighted by Crippen LogP contribution is -1.88. The first-order chi connectivity index (χ1) is 11.2. The monoisotopic (exact) mass is 366 g/mol. The molecule has 0 spiro atoms. The molecule has 0 saturated carbocycles. The quantitative estimate of drug-likeness (QED) is 0.521. The van der Waals surface area contributed by atoms with Crippen LogP contribution in [0.4, 0.5) is 0 Å². The number of halogens is 1. The molecule has 4 aromatic rings. The van der Waals surface area contributed by atoms with Crippen LogP contribution in [-0.2, 0) is 6.42 Å². The SMILES string of the molecule is Cc1ccc(-c2cc(Cc3cc(Br)cc4cc[nH]c34)on2)cc1. The number of aromatic nitrogens is 2. The van der Waals surface area contributed by atoms with Gasteiger partial charge in [-0.05, 0) is 30.7 Å². The van der Waals surface area contributed by atoms with Crippen LogP contribution in [0.2, 0.25) is 0 Å². The number of aromatic amines is 1. The van der Waals surface area contributed by atoms with Gasteiger partial charge in [-0.1, -0.05) is 50.9 Å². The van der Waals surface area contributed by atoms with Gasteiger partial charge < -0.3 is 9.51 Å². The Hall–Kier alpha value is -2.33. The first-order valence-electron chi connectivity index (χ1n) is 7.47. The number of nitrogens with zero attached hydrogens (tertiary/aromatic N) is 1. The Morgan fingerprint density at radius 1 is 1.09 bits per heavy atom. The minimum atomic E-state index is 0.704. The Labute approximate surface area is 142 Å². The third-order valence-electron chi connectivity index (χ3n) is 3.98. The zero-order valence-corrected chi connectivity index (χ0v) is 14.2. The molecule has 0 radical (unpaired) electrons. The van der Waals surface area contributed by atoms with E-state index in [-0.39, 0.29) is 0 Å². The molecule has 1 N–H and O–H groups in total. The fourth-order valence-corrected chi connectivity index (χ4v) is 3.32. The van der Waals surface area contributed by atoms with Crippen molar-refractivity contribution in [2.45, 2.75) is 13.3 Å². The summed E-state index contributed by atoms with van der Waals surface area (Å²) in [5.41, 5.74) is 5.51. The second kappa shape index (κ2) is 5.70. The molecule has 2 aromatic heterocycles. The van der Waals surface area contributed by atoms with Gasteiger partial charge in [-0.2, -0.15) is 0 Å². The van der Waals surface area contributed by atoms with Crippen LogP contribution in [0.1, 0.15) is 16.9 Å². The number of benzene rings is 2. The van der Waals surface area contributed by atoms with E-state index < -0.39 is 0 Å². The van der Waals surface area contributed by atoms with Crippen LogP contribution >= 0.6 is 15.9 Å². The third-order valence-corrected chi connectivity index (χ3v) is 4.43. The van der Waals surface area contributed by atoms with Crippen molar-refractivity contribution < 1.29 is 4.52 Å².